The third kappa shape index (κ3) is 4.34. The first kappa shape index (κ1) is 16.1. The Bertz CT molecular complexity index is 692. The number of thioether (sulfide) groups is 1. The van der Waals surface area contributed by atoms with Gasteiger partial charge in [-0.2, -0.15) is 5.26 Å². The number of aryl methyl sites for hydroxylation is 1. The normalized spacial score (nSPS) is 11.5. The summed E-state index contributed by atoms with van der Waals surface area (Å²) in [4.78, 5) is 16.4. The van der Waals surface area contributed by atoms with E-state index in [1.54, 1.807) is 18.3 Å². The molecular formula is C17H17N3OS. The van der Waals surface area contributed by atoms with Crippen LogP contribution in [0.15, 0.2) is 47.6 Å². The molecule has 0 radical (unpaired) electrons. The van der Waals surface area contributed by atoms with E-state index in [1.807, 2.05) is 31.2 Å². The second-order valence-corrected chi connectivity index (χ2v) is 6.16. The molecule has 5 heteroatoms. The molecule has 4 nitrogen and oxygen atoms in total. The lowest BCUT2D eigenvalue weighted by molar-refractivity contribution is -0.115. The number of nitriles is 1. The van der Waals surface area contributed by atoms with E-state index < -0.39 is 0 Å². The van der Waals surface area contributed by atoms with Crippen molar-refractivity contribution in [3.63, 3.8) is 0 Å². The van der Waals surface area contributed by atoms with Gasteiger partial charge in [-0.25, -0.2) is 4.98 Å². The number of amides is 1. The number of nitrogens with one attached hydrogen (secondary N) is 1. The molecule has 1 aromatic heterocycles. The highest BCUT2D eigenvalue weighted by Crippen LogP contribution is 2.23. The molecule has 22 heavy (non-hydrogen) atoms. The molecule has 1 N–H and O–H groups in total. The number of anilines is 1. The standard InChI is InChI=1S/C17H17N3OS/c1-3-13-4-6-15(7-5-13)20-17(21)12(2)22-16-10-14(11-18)8-9-19-16/h4-10,12H,3H2,1-2H3,(H,20,21). The third-order valence-corrected chi connectivity index (χ3v) is 4.19. The first-order valence-electron chi connectivity index (χ1n) is 7.05. The van der Waals surface area contributed by atoms with E-state index in [1.165, 1.54) is 17.3 Å². The molecule has 0 spiro atoms. The molecule has 112 valence electrons. The monoisotopic (exact) mass is 311 g/mol. The molecule has 0 aliphatic heterocycles. The molecule has 0 aliphatic carbocycles. The van der Waals surface area contributed by atoms with Gasteiger partial charge in [-0.1, -0.05) is 30.8 Å². The van der Waals surface area contributed by atoms with Gasteiger partial charge >= 0.3 is 0 Å². The maximum Gasteiger partial charge on any atom is 0.237 e. The van der Waals surface area contributed by atoms with Gasteiger partial charge in [-0.05, 0) is 43.2 Å². The van der Waals surface area contributed by atoms with Crippen molar-refractivity contribution in [3.05, 3.63) is 53.7 Å². The molecule has 0 saturated heterocycles. The van der Waals surface area contributed by atoms with Gasteiger partial charge in [0.25, 0.3) is 0 Å². The zero-order valence-electron chi connectivity index (χ0n) is 12.5. The van der Waals surface area contributed by atoms with Gasteiger partial charge < -0.3 is 5.32 Å². The van der Waals surface area contributed by atoms with Crippen molar-refractivity contribution >= 4 is 23.4 Å². The van der Waals surface area contributed by atoms with Crippen LogP contribution in [-0.2, 0) is 11.2 Å². The maximum atomic E-state index is 12.2. The summed E-state index contributed by atoms with van der Waals surface area (Å²) in [6.45, 7) is 3.91. The highest BCUT2D eigenvalue weighted by molar-refractivity contribution is 8.00. The van der Waals surface area contributed by atoms with E-state index in [4.69, 9.17) is 5.26 Å². The summed E-state index contributed by atoms with van der Waals surface area (Å²) in [6.07, 6.45) is 2.55. The lowest BCUT2D eigenvalue weighted by Crippen LogP contribution is -2.22. The molecular weight excluding hydrogens is 294 g/mol. The van der Waals surface area contributed by atoms with Crippen LogP contribution in [0.25, 0.3) is 0 Å². The van der Waals surface area contributed by atoms with Gasteiger partial charge in [0.2, 0.25) is 5.91 Å². The molecule has 1 atom stereocenters. The number of hydrogen-bond acceptors (Lipinski definition) is 4. The van der Waals surface area contributed by atoms with Crippen LogP contribution in [-0.4, -0.2) is 16.1 Å². The molecule has 0 saturated carbocycles. The first-order valence-corrected chi connectivity index (χ1v) is 7.93. The summed E-state index contributed by atoms with van der Waals surface area (Å²) < 4.78 is 0. The van der Waals surface area contributed by atoms with Crippen molar-refractivity contribution in [1.29, 1.82) is 5.26 Å². The number of rotatable bonds is 5. The van der Waals surface area contributed by atoms with Crippen LogP contribution in [0, 0.1) is 11.3 Å². The van der Waals surface area contributed by atoms with E-state index in [2.05, 4.69) is 23.3 Å². The number of carbonyl (C=O) groups excluding carboxylic acids is 1. The predicted molar refractivity (Wildman–Crippen MR) is 88.7 cm³/mol. The summed E-state index contributed by atoms with van der Waals surface area (Å²) in [7, 11) is 0. The van der Waals surface area contributed by atoms with E-state index in [0.29, 0.717) is 10.6 Å². The van der Waals surface area contributed by atoms with Crippen LogP contribution < -0.4 is 5.32 Å². The van der Waals surface area contributed by atoms with Crippen molar-refractivity contribution in [2.75, 3.05) is 5.32 Å². The minimum absolute atomic E-state index is 0.0848. The molecule has 2 rings (SSSR count). The van der Waals surface area contributed by atoms with Gasteiger partial charge in [0.1, 0.15) is 0 Å². The smallest absolute Gasteiger partial charge is 0.237 e. The maximum absolute atomic E-state index is 12.2. The van der Waals surface area contributed by atoms with Gasteiger partial charge in [0, 0.05) is 11.9 Å². The summed E-state index contributed by atoms with van der Waals surface area (Å²) in [5, 5.41) is 12.1. The largest absolute Gasteiger partial charge is 0.325 e. The summed E-state index contributed by atoms with van der Waals surface area (Å²) in [5.41, 5.74) is 2.56. The van der Waals surface area contributed by atoms with Crippen LogP contribution in [0.1, 0.15) is 25.0 Å². The van der Waals surface area contributed by atoms with Gasteiger partial charge in [0.05, 0.1) is 21.9 Å². The first-order chi connectivity index (χ1) is 10.6. The van der Waals surface area contributed by atoms with E-state index >= 15 is 0 Å². The zero-order valence-corrected chi connectivity index (χ0v) is 13.4. The Morgan fingerprint density at radius 3 is 2.73 bits per heavy atom. The van der Waals surface area contributed by atoms with Gasteiger partial charge in [-0.3, -0.25) is 4.79 Å². The highest BCUT2D eigenvalue weighted by Gasteiger charge is 2.15. The van der Waals surface area contributed by atoms with Gasteiger partial charge in [0.15, 0.2) is 0 Å². The Morgan fingerprint density at radius 1 is 1.36 bits per heavy atom. The SMILES string of the molecule is CCc1ccc(NC(=O)C(C)Sc2cc(C#N)ccn2)cc1. The minimum atomic E-state index is -0.299. The number of nitrogens with zero attached hydrogens (tertiary/aromatic N) is 2. The van der Waals surface area contributed by atoms with Crippen LogP contribution in [0.2, 0.25) is 0 Å². The fourth-order valence-electron chi connectivity index (χ4n) is 1.85. The molecule has 2 aromatic rings. The quantitative estimate of drug-likeness (QED) is 0.856. The van der Waals surface area contributed by atoms with Crippen molar-refractivity contribution in [2.45, 2.75) is 30.5 Å². The van der Waals surface area contributed by atoms with Crippen LogP contribution in [0.4, 0.5) is 5.69 Å². The lowest BCUT2D eigenvalue weighted by Gasteiger charge is -2.12. The zero-order chi connectivity index (χ0) is 15.9. The van der Waals surface area contributed by atoms with Crippen molar-refractivity contribution in [1.82, 2.24) is 4.98 Å². The third-order valence-electron chi connectivity index (χ3n) is 3.16. The molecule has 0 bridgehead atoms. The average Bonchev–Trinajstić information content (AvgIpc) is 2.55. The van der Waals surface area contributed by atoms with Crippen molar-refractivity contribution < 1.29 is 4.79 Å². The molecule has 1 aromatic carbocycles. The highest BCUT2D eigenvalue weighted by atomic mass is 32.2. The molecule has 0 aliphatic rings. The van der Waals surface area contributed by atoms with Crippen LogP contribution in [0.5, 0.6) is 0 Å². The molecule has 1 amide bonds. The Labute approximate surface area is 134 Å². The molecule has 0 fully saturated rings. The van der Waals surface area contributed by atoms with Crippen molar-refractivity contribution in [3.8, 4) is 6.07 Å². The van der Waals surface area contributed by atoms with E-state index in [9.17, 15) is 4.79 Å². The summed E-state index contributed by atoms with van der Waals surface area (Å²) >= 11 is 1.33. The topological polar surface area (TPSA) is 65.8 Å². The molecule has 1 unspecified atom stereocenters. The Balaban J connectivity index is 1.97. The van der Waals surface area contributed by atoms with E-state index in [0.717, 1.165) is 12.1 Å². The fourth-order valence-corrected chi connectivity index (χ4v) is 2.69. The summed E-state index contributed by atoms with van der Waals surface area (Å²) in [5.74, 6) is -0.0848. The van der Waals surface area contributed by atoms with Gasteiger partial charge in [-0.15, -0.1) is 0 Å². The van der Waals surface area contributed by atoms with Crippen molar-refractivity contribution in [2.24, 2.45) is 0 Å². The number of carbonyl (C=O) groups is 1. The van der Waals surface area contributed by atoms with Crippen LogP contribution in [0.3, 0.4) is 0 Å². The second kappa shape index (κ2) is 7.62. The summed E-state index contributed by atoms with van der Waals surface area (Å²) in [6, 6.07) is 13.2. The number of pyridine rings is 1. The lowest BCUT2D eigenvalue weighted by atomic mass is 10.1. The Morgan fingerprint density at radius 2 is 2.09 bits per heavy atom. The fraction of sp³-hybridized carbons (Fsp3) is 0.235. The number of hydrogen-bond donors (Lipinski definition) is 1. The number of aromatic nitrogens is 1. The Kier molecular flexibility index (Phi) is 5.56. The molecule has 1 heterocycles. The predicted octanol–water partition coefficient (Wildman–Crippen LogP) is 3.63. The van der Waals surface area contributed by atoms with E-state index in [-0.39, 0.29) is 11.2 Å². The second-order valence-electron chi connectivity index (χ2n) is 4.79. The van der Waals surface area contributed by atoms with Crippen LogP contribution >= 0.6 is 11.8 Å². The Hall–Kier alpha value is -2.32. The minimum Gasteiger partial charge on any atom is -0.325 e. The number of benzene rings is 1. The average molecular weight is 311 g/mol.